The van der Waals surface area contributed by atoms with Crippen LogP contribution in [0.25, 0.3) is 12.2 Å². The Morgan fingerprint density at radius 1 is 0.741 bits per heavy atom. The Labute approximate surface area is 167 Å². The first-order valence-corrected chi connectivity index (χ1v) is 16.4. The van der Waals surface area contributed by atoms with Crippen LogP contribution in [-0.2, 0) is 20.3 Å². The van der Waals surface area contributed by atoms with Crippen molar-refractivity contribution in [2.24, 2.45) is 0 Å². The summed E-state index contributed by atoms with van der Waals surface area (Å²) >= 11 is -2.87. The third-order valence-electron chi connectivity index (χ3n) is 6.94. The summed E-state index contributed by atoms with van der Waals surface area (Å²) in [6, 6.07) is 18.3. The Balaban J connectivity index is 1.78. The third-order valence-corrected chi connectivity index (χ3v) is 21.1. The molecule has 1 heterocycles. The Kier molecular flexibility index (Phi) is 4.32. The molecule has 27 heavy (non-hydrogen) atoms. The second-order valence-corrected chi connectivity index (χ2v) is 19.2. The Morgan fingerprint density at radius 3 is 1.63 bits per heavy atom. The maximum absolute atomic E-state index is 4.23. The van der Waals surface area contributed by atoms with Crippen molar-refractivity contribution in [3.05, 3.63) is 107 Å². The second-order valence-electron chi connectivity index (χ2n) is 8.28. The molecular formula is C26H26Zr. The fourth-order valence-electron chi connectivity index (χ4n) is 6.11. The number of fused-ring (bicyclic) bond motifs is 6. The van der Waals surface area contributed by atoms with Gasteiger partial charge in [0.2, 0.25) is 0 Å². The Morgan fingerprint density at radius 2 is 1.19 bits per heavy atom. The number of hydrogen-bond donors (Lipinski definition) is 0. The molecule has 0 saturated carbocycles. The zero-order valence-corrected chi connectivity index (χ0v) is 18.3. The van der Waals surface area contributed by atoms with E-state index in [2.05, 4.69) is 86.0 Å². The summed E-state index contributed by atoms with van der Waals surface area (Å²) in [4.78, 5) is 0. The number of allylic oxidation sites excluding steroid dienone is 4. The summed E-state index contributed by atoms with van der Waals surface area (Å²) in [5, 5.41) is 0. The van der Waals surface area contributed by atoms with Gasteiger partial charge in [-0.3, -0.25) is 0 Å². The molecule has 0 nitrogen and oxygen atoms in total. The predicted octanol–water partition coefficient (Wildman–Crippen LogP) is 7.42. The zero-order chi connectivity index (χ0) is 18.4. The van der Waals surface area contributed by atoms with Crippen molar-refractivity contribution in [1.82, 2.24) is 0 Å². The first kappa shape index (κ1) is 17.4. The molecule has 2 aliphatic carbocycles. The molecule has 0 bridgehead atoms. The fraction of sp³-hybridized carbons (Fsp3) is 0.231. The van der Waals surface area contributed by atoms with Crippen molar-refractivity contribution >= 4 is 12.2 Å². The van der Waals surface area contributed by atoms with Gasteiger partial charge in [0, 0.05) is 0 Å². The molecule has 0 aromatic heterocycles. The van der Waals surface area contributed by atoms with Crippen molar-refractivity contribution in [3.63, 3.8) is 0 Å². The zero-order valence-electron chi connectivity index (χ0n) is 15.8. The van der Waals surface area contributed by atoms with E-state index in [0.29, 0.717) is 7.25 Å². The molecule has 1 saturated heterocycles. The van der Waals surface area contributed by atoms with Crippen LogP contribution in [0.4, 0.5) is 0 Å². The monoisotopic (exact) mass is 428 g/mol. The van der Waals surface area contributed by atoms with E-state index in [-0.39, 0.29) is 0 Å². The minimum absolute atomic E-state index is 0.661. The van der Waals surface area contributed by atoms with Crippen LogP contribution in [0.5, 0.6) is 0 Å². The Bertz CT molecular complexity index is 909. The molecule has 3 aliphatic rings. The van der Waals surface area contributed by atoms with Gasteiger partial charge < -0.3 is 0 Å². The van der Waals surface area contributed by atoms with Crippen LogP contribution in [0.1, 0.15) is 42.3 Å². The fourth-order valence-corrected chi connectivity index (χ4v) is 21.4. The standard InChI is InChI=1S/C20H16.2C3H5.Zr/c1-2-6-18-12-15(11-17(18)5-1)9-10-16-13-19-7-3-4-8-20(19)14-16;2*1-3-2;/h1-8,11-14H,9-10H2;2*3H,1-2H2;. The van der Waals surface area contributed by atoms with Gasteiger partial charge in [-0.2, -0.15) is 0 Å². The first-order valence-electron chi connectivity index (χ1n) is 10.1. The quantitative estimate of drug-likeness (QED) is 0.444. The topological polar surface area (TPSA) is 0 Å². The van der Waals surface area contributed by atoms with Gasteiger partial charge in [-0.25, -0.2) is 0 Å². The minimum atomic E-state index is -2.87. The Hall–Kier alpha value is -1.72. The molecular weight excluding hydrogens is 404 g/mol. The van der Waals surface area contributed by atoms with Crippen molar-refractivity contribution in [2.75, 3.05) is 0 Å². The molecule has 2 aromatic rings. The van der Waals surface area contributed by atoms with Gasteiger partial charge >= 0.3 is 168 Å². The normalized spacial score (nSPS) is 23.9. The van der Waals surface area contributed by atoms with Crippen LogP contribution in [-0.4, -0.2) is 0 Å². The second kappa shape index (κ2) is 6.71. The van der Waals surface area contributed by atoms with Crippen LogP contribution in [0.15, 0.2) is 85.0 Å². The van der Waals surface area contributed by atoms with E-state index < -0.39 is 20.3 Å². The molecule has 1 aliphatic heterocycles. The van der Waals surface area contributed by atoms with Crippen molar-refractivity contribution in [3.8, 4) is 0 Å². The molecule has 2 aromatic carbocycles. The summed E-state index contributed by atoms with van der Waals surface area (Å²) in [5.74, 6) is 0. The van der Waals surface area contributed by atoms with Crippen LogP contribution in [0.2, 0.25) is 8.26 Å². The van der Waals surface area contributed by atoms with E-state index in [0.717, 1.165) is 0 Å². The molecule has 1 fully saturated rings. The van der Waals surface area contributed by atoms with Crippen LogP contribution in [0.3, 0.4) is 0 Å². The van der Waals surface area contributed by atoms with Gasteiger partial charge in [0.15, 0.2) is 0 Å². The molecule has 0 spiro atoms. The van der Waals surface area contributed by atoms with E-state index in [1.807, 2.05) is 0 Å². The van der Waals surface area contributed by atoms with Crippen molar-refractivity contribution in [1.29, 1.82) is 0 Å². The van der Waals surface area contributed by atoms with E-state index in [9.17, 15) is 0 Å². The summed E-state index contributed by atoms with van der Waals surface area (Å²) in [5.41, 5.74) is 9.51. The molecule has 0 amide bonds. The predicted molar refractivity (Wildman–Crippen MR) is 114 cm³/mol. The number of hydrogen-bond acceptors (Lipinski definition) is 0. The summed E-state index contributed by atoms with van der Waals surface area (Å²) in [7, 11) is 0. The van der Waals surface area contributed by atoms with Gasteiger partial charge in [0.05, 0.1) is 0 Å². The number of rotatable bonds is 4. The number of benzene rings is 2. The van der Waals surface area contributed by atoms with Gasteiger partial charge in [-0.15, -0.1) is 0 Å². The van der Waals surface area contributed by atoms with Crippen LogP contribution in [0, 0.1) is 0 Å². The van der Waals surface area contributed by atoms with Gasteiger partial charge in [0.25, 0.3) is 0 Å². The molecule has 5 rings (SSSR count). The van der Waals surface area contributed by atoms with Crippen LogP contribution >= 0.6 is 0 Å². The van der Waals surface area contributed by atoms with Crippen molar-refractivity contribution in [2.45, 2.75) is 28.4 Å². The summed E-state index contributed by atoms with van der Waals surface area (Å²) in [6.07, 6.45) is 11.9. The summed E-state index contributed by atoms with van der Waals surface area (Å²) < 4.78 is 3.75. The molecule has 0 radical (unpaired) electrons. The maximum atomic E-state index is 4.23. The average molecular weight is 430 g/mol. The molecule has 134 valence electrons. The molecule has 2 unspecified atom stereocenters. The molecule has 1 heteroatoms. The molecule has 2 atom stereocenters. The van der Waals surface area contributed by atoms with Gasteiger partial charge in [-0.1, -0.05) is 0 Å². The summed E-state index contributed by atoms with van der Waals surface area (Å²) in [6.45, 7) is 8.46. The van der Waals surface area contributed by atoms with E-state index >= 15 is 0 Å². The van der Waals surface area contributed by atoms with E-state index in [1.165, 1.54) is 32.2 Å². The third kappa shape index (κ3) is 2.51. The van der Waals surface area contributed by atoms with Crippen LogP contribution < -0.4 is 0 Å². The SMILES string of the molecule is C=C[CH2][Zr]1([CH2]C=C)[CH]2C(=Cc3ccccc32)CCC2=Cc3ccccc3[CH]21. The van der Waals surface area contributed by atoms with Crippen molar-refractivity contribution < 1.29 is 20.3 Å². The van der Waals surface area contributed by atoms with E-state index in [1.54, 1.807) is 22.3 Å². The first-order chi connectivity index (χ1) is 13.3. The van der Waals surface area contributed by atoms with Gasteiger partial charge in [0.1, 0.15) is 0 Å². The molecule has 0 N–H and O–H groups in total. The average Bonchev–Trinajstić information content (AvgIpc) is 3.21. The van der Waals surface area contributed by atoms with E-state index in [4.69, 9.17) is 0 Å². The van der Waals surface area contributed by atoms with Gasteiger partial charge in [-0.05, 0) is 0 Å².